The van der Waals surface area contributed by atoms with Crippen LogP contribution < -0.4 is 5.56 Å². The molecule has 0 unspecified atom stereocenters. The van der Waals surface area contributed by atoms with E-state index in [1.54, 1.807) is 9.47 Å². The molecule has 1 aliphatic carbocycles. The maximum atomic E-state index is 13.1. The Morgan fingerprint density at radius 1 is 1.11 bits per heavy atom. The van der Waals surface area contributed by atoms with Gasteiger partial charge in [-0.05, 0) is 56.4 Å². The molecule has 6 heteroatoms. The summed E-state index contributed by atoms with van der Waals surface area (Å²) >= 11 is 0. The number of nitrogens with zero attached hydrogens (tertiary/aromatic N) is 3. The van der Waals surface area contributed by atoms with Crippen LogP contribution in [-0.4, -0.2) is 33.4 Å². The van der Waals surface area contributed by atoms with Crippen molar-refractivity contribution in [2.45, 2.75) is 44.6 Å². The molecular weight excluding hydrogens is 354 g/mol. The number of oxazole rings is 1. The fraction of sp³-hybridized carbons (Fsp3) is 0.409. The minimum absolute atomic E-state index is 0.145. The van der Waals surface area contributed by atoms with Crippen molar-refractivity contribution in [3.63, 3.8) is 0 Å². The van der Waals surface area contributed by atoms with Gasteiger partial charge in [0.15, 0.2) is 11.5 Å². The van der Waals surface area contributed by atoms with E-state index in [9.17, 15) is 9.59 Å². The van der Waals surface area contributed by atoms with E-state index in [-0.39, 0.29) is 23.4 Å². The Hall–Kier alpha value is -2.89. The van der Waals surface area contributed by atoms with Gasteiger partial charge < -0.3 is 13.9 Å². The SMILES string of the molecule is Cc1ccn(C2CC2)c(=O)c1C(=O)N1CCC(c2nc3ccccc3o2)CC1. The van der Waals surface area contributed by atoms with Crippen molar-refractivity contribution in [1.29, 1.82) is 0 Å². The lowest BCUT2D eigenvalue weighted by molar-refractivity contribution is 0.0703. The summed E-state index contributed by atoms with van der Waals surface area (Å²) in [6, 6.07) is 9.92. The Kier molecular flexibility index (Phi) is 4.07. The Labute approximate surface area is 162 Å². The number of likely N-dealkylation sites (tertiary alicyclic amines) is 1. The zero-order valence-electron chi connectivity index (χ0n) is 15.9. The van der Waals surface area contributed by atoms with Crippen molar-refractivity contribution in [3.8, 4) is 0 Å². The molecule has 5 rings (SSSR count). The number of para-hydroxylation sites is 2. The van der Waals surface area contributed by atoms with Crippen molar-refractivity contribution >= 4 is 17.0 Å². The summed E-state index contributed by atoms with van der Waals surface area (Å²) in [5.74, 6) is 0.810. The van der Waals surface area contributed by atoms with Crippen molar-refractivity contribution in [2.24, 2.45) is 0 Å². The van der Waals surface area contributed by atoms with Crippen molar-refractivity contribution in [2.75, 3.05) is 13.1 Å². The van der Waals surface area contributed by atoms with Gasteiger partial charge in [-0.2, -0.15) is 0 Å². The zero-order chi connectivity index (χ0) is 19.3. The standard InChI is InChI=1S/C22H23N3O3/c1-14-8-13-25(16-6-7-16)22(27)19(14)21(26)24-11-9-15(10-12-24)20-23-17-4-2-3-5-18(17)28-20/h2-5,8,13,15-16H,6-7,9-12H2,1H3. The van der Waals surface area contributed by atoms with E-state index in [1.807, 2.05) is 43.5 Å². The summed E-state index contributed by atoms with van der Waals surface area (Å²) in [5.41, 5.74) is 2.62. The van der Waals surface area contributed by atoms with E-state index in [0.29, 0.717) is 18.7 Å². The predicted octanol–water partition coefficient (Wildman–Crippen LogP) is 3.65. The van der Waals surface area contributed by atoms with Gasteiger partial charge in [-0.3, -0.25) is 9.59 Å². The number of hydrogen-bond acceptors (Lipinski definition) is 4. The maximum Gasteiger partial charge on any atom is 0.263 e. The molecule has 0 radical (unpaired) electrons. The first-order valence-corrected chi connectivity index (χ1v) is 9.98. The third-order valence-corrected chi connectivity index (χ3v) is 5.92. The second-order valence-electron chi connectivity index (χ2n) is 7.90. The highest BCUT2D eigenvalue weighted by atomic mass is 16.3. The average Bonchev–Trinajstić information content (AvgIpc) is 3.45. The summed E-state index contributed by atoms with van der Waals surface area (Å²) in [5, 5.41) is 0. The van der Waals surface area contributed by atoms with E-state index < -0.39 is 0 Å². The summed E-state index contributed by atoms with van der Waals surface area (Å²) in [7, 11) is 0. The largest absolute Gasteiger partial charge is 0.440 e. The number of benzene rings is 1. The van der Waals surface area contributed by atoms with Gasteiger partial charge in [-0.1, -0.05) is 12.1 Å². The Balaban J connectivity index is 1.33. The molecule has 1 saturated carbocycles. The van der Waals surface area contributed by atoms with E-state index >= 15 is 0 Å². The molecule has 2 fully saturated rings. The van der Waals surface area contributed by atoms with Gasteiger partial charge in [0.05, 0.1) is 0 Å². The first-order valence-electron chi connectivity index (χ1n) is 9.98. The highest BCUT2D eigenvalue weighted by Gasteiger charge is 2.31. The zero-order valence-corrected chi connectivity index (χ0v) is 15.9. The third-order valence-electron chi connectivity index (χ3n) is 5.92. The van der Waals surface area contributed by atoms with Crippen LogP contribution in [0.5, 0.6) is 0 Å². The van der Waals surface area contributed by atoms with Gasteiger partial charge >= 0.3 is 0 Å². The Bertz CT molecular complexity index is 1070. The first-order chi connectivity index (χ1) is 13.6. The molecule has 2 aliphatic rings. The second-order valence-corrected chi connectivity index (χ2v) is 7.90. The highest BCUT2D eigenvalue weighted by molar-refractivity contribution is 5.95. The van der Waals surface area contributed by atoms with Gasteiger partial charge in [-0.15, -0.1) is 0 Å². The second kappa shape index (κ2) is 6.62. The van der Waals surface area contributed by atoms with E-state index in [4.69, 9.17) is 4.42 Å². The number of fused-ring (bicyclic) bond motifs is 1. The summed E-state index contributed by atoms with van der Waals surface area (Å²) in [6.45, 7) is 3.07. The fourth-order valence-corrected chi connectivity index (χ4v) is 4.09. The minimum atomic E-state index is -0.145. The summed E-state index contributed by atoms with van der Waals surface area (Å²) in [4.78, 5) is 32.3. The van der Waals surface area contributed by atoms with Gasteiger partial charge in [0.1, 0.15) is 11.1 Å². The predicted molar refractivity (Wildman–Crippen MR) is 106 cm³/mol. The number of carbonyl (C=O) groups is 1. The van der Waals surface area contributed by atoms with Crippen LogP contribution in [0.15, 0.2) is 45.7 Å². The van der Waals surface area contributed by atoms with Gasteiger partial charge in [0.25, 0.3) is 11.5 Å². The van der Waals surface area contributed by atoms with Crippen LogP contribution in [0.25, 0.3) is 11.1 Å². The number of aromatic nitrogens is 2. The molecule has 3 aromatic rings. The van der Waals surface area contributed by atoms with Crippen LogP contribution in [0, 0.1) is 6.92 Å². The molecule has 0 bridgehead atoms. The molecule has 1 saturated heterocycles. The third kappa shape index (κ3) is 2.93. The monoisotopic (exact) mass is 377 g/mol. The quantitative estimate of drug-likeness (QED) is 0.699. The maximum absolute atomic E-state index is 13.1. The smallest absolute Gasteiger partial charge is 0.263 e. The molecule has 1 aliphatic heterocycles. The van der Waals surface area contributed by atoms with Crippen LogP contribution in [0.3, 0.4) is 0 Å². The van der Waals surface area contributed by atoms with Crippen molar-refractivity contribution in [1.82, 2.24) is 14.5 Å². The van der Waals surface area contributed by atoms with E-state index in [0.717, 1.165) is 48.2 Å². The van der Waals surface area contributed by atoms with Gasteiger partial charge in [0.2, 0.25) is 0 Å². The molecule has 0 spiro atoms. The number of carbonyl (C=O) groups excluding carboxylic acids is 1. The lowest BCUT2D eigenvalue weighted by atomic mass is 9.96. The molecule has 1 amide bonds. The Morgan fingerprint density at radius 2 is 1.86 bits per heavy atom. The van der Waals surface area contributed by atoms with Crippen LogP contribution >= 0.6 is 0 Å². The normalized spacial score (nSPS) is 18.0. The van der Waals surface area contributed by atoms with E-state index in [1.165, 1.54) is 0 Å². The number of piperidine rings is 1. The van der Waals surface area contributed by atoms with Crippen molar-refractivity contribution < 1.29 is 9.21 Å². The Morgan fingerprint density at radius 3 is 2.57 bits per heavy atom. The highest BCUT2D eigenvalue weighted by Crippen LogP contribution is 2.34. The number of pyridine rings is 1. The minimum Gasteiger partial charge on any atom is -0.440 e. The summed E-state index contributed by atoms with van der Waals surface area (Å²) < 4.78 is 7.63. The van der Waals surface area contributed by atoms with Crippen molar-refractivity contribution in [3.05, 3.63) is 63.9 Å². The molecule has 144 valence electrons. The number of hydrogen-bond donors (Lipinski definition) is 0. The molecule has 6 nitrogen and oxygen atoms in total. The molecule has 1 aromatic carbocycles. The molecule has 3 heterocycles. The first kappa shape index (κ1) is 17.2. The van der Waals surface area contributed by atoms with Crippen LogP contribution in [0.4, 0.5) is 0 Å². The number of amides is 1. The van der Waals surface area contributed by atoms with Crippen LogP contribution in [-0.2, 0) is 0 Å². The van der Waals surface area contributed by atoms with Gasteiger partial charge in [0, 0.05) is 31.2 Å². The molecular formula is C22H23N3O3. The molecule has 0 atom stereocenters. The van der Waals surface area contributed by atoms with Gasteiger partial charge in [-0.25, -0.2) is 4.98 Å². The van der Waals surface area contributed by atoms with Crippen LogP contribution in [0.2, 0.25) is 0 Å². The molecule has 2 aromatic heterocycles. The summed E-state index contributed by atoms with van der Waals surface area (Å²) in [6.07, 6.45) is 5.45. The molecule has 0 N–H and O–H groups in total. The fourth-order valence-electron chi connectivity index (χ4n) is 4.09. The lowest BCUT2D eigenvalue weighted by Crippen LogP contribution is -2.41. The average molecular weight is 377 g/mol. The lowest BCUT2D eigenvalue weighted by Gasteiger charge is -2.31. The topological polar surface area (TPSA) is 68.3 Å². The van der Waals surface area contributed by atoms with E-state index in [2.05, 4.69) is 4.98 Å². The molecule has 28 heavy (non-hydrogen) atoms. The number of aryl methyl sites for hydroxylation is 1. The van der Waals surface area contributed by atoms with Crippen LogP contribution in [0.1, 0.15) is 59.5 Å². The number of rotatable bonds is 3.